The molecule has 0 radical (unpaired) electrons. The number of benzene rings is 1. The summed E-state index contributed by atoms with van der Waals surface area (Å²) in [5.41, 5.74) is -0.0879. The maximum Gasteiger partial charge on any atom is 0.416 e. The van der Waals surface area contributed by atoms with E-state index in [2.05, 4.69) is 0 Å². The van der Waals surface area contributed by atoms with Crippen LogP contribution in [0.2, 0.25) is 0 Å². The molecule has 0 bridgehead atoms. The Labute approximate surface area is 131 Å². The van der Waals surface area contributed by atoms with Crippen molar-refractivity contribution in [1.82, 2.24) is 4.90 Å². The van der Waals surface area contributed by atoms with E-state index >= 15 is 0 Å². The van der Waals surface area contributed by atoms with Crippen molar-refractivity contribution in [1.29, 1.82) is 0 Å². The molecule has 3 nitrogen and oxygen atoms in total. The minimum Gasteiger partial charge on any atom is -0.374 e. The molecule has 0 unspecified atom stereocenters. The molecular formula is C15H18F3NO2S. The minimum absolute atomic E-state index is 0.0462. The van der Waals surface area contributed by atoms with E-state index in [1.165, 1.54) is 17.8 Å². The van der Waals surface area contributed by atoms with Gasteiger partial charge in [-0.3, -0.25) is 4.79 Å². The summed E-state index contributed by atoms with van der Waals surface area (Å²) in [7, 11) is 0. The third-order valence-corrected chi connectivity index (χ3v) is 4.01. The fourth-order valence-electron chi connectivity index (χ4n) is 2.42. The number of rotatable bonds is 4. The number of hydrogen-bond donors (Lipinski definition) is 0. The zero-order valence-corrected chi connectivity index (χ0v) is 13.0. The summed E-state index contributed by atoms with van der Waals surface area (Å²) in [4.78, 5) is 13.6. The molecule has 22 heavy (non-hydrogen) atoms. The number of ether oxygens (including phenoxy) is 1. The van der Waals surface area contributed by atoms with Crippen LogP contribution in [0.3, 0.4) is 0 Å². The Morgan fingerprint density at radius 2 is 2.23 bits per heavy atom. The first-order valence-corrected chi connectivity index (χ1v) is 8.34. The highest BCUT2D eigenvalue weighted by Gasteiger charge is 2.31. The highest BCUT2D eigenvalue weighted by atomic mass is 32.2. The number of nitrogens with zero attached hydrogens (tertiary/aromatic N) is 1. The van der Waals surface area contributed by atoms with Crippen LogP contribution in [0, 0.1) is 0 Å². The lowest BCUT2D eigenvalue weighted by Gasteiger charge is -2.33. The number of thioether (sulfide) groups is 1. The first kappa shape index (κ1) is 17.1. The summed E-state index contributed by atoms with van der Waals surface area (Å²) in [5.74, 6) is 0.459. The van der Waals surface area contributed by atoms with Crippen LogP contribution in [0.15, 0.2) is 24.3 Å². The molecule has 1 aliphatic heterocycles. The molecule has 1 aromatic carbocycles. The van der Waals surface area contributed by atoms with Crippen LogP contribution in [0.5, 0.6) is 0 Å². The van der Waals surface area contributed by atoms with Crippen molar-refractivity contribution in [3.05, 3.63) is 35.4 Å². The zero-order chi connectivity index (χ0) is 16.2. The van der Waals surface area contributed by atoms with Gasteiger partial charge in [0.05, 0.1) is 24.0 Å². The van der Waals surface area contributed by atoms with Gasteiger partial charge in [0.1, 0.15) is 0 Å². The summed E-state index contributed by atoms with van der Waals surface area (Å²) in [6.07, 6.45) is -2.38. The van der Waals surface area contributed by atoms with Gasteiger partial charge in [-0.15, -0.1) is 0 Å². The highest BCUT2D eigenvalue weighted by molar-refractivity contribution is 7.99. The lowest BCUT2D eigenvalue weighted by molar-refractivity contribution is -0.137. The molecule has 1 saturated heterocycles. The van der Waals surface area contributed by atoms with Crippen LogP contribution in [0.25, 0.3) is 0 Å². The van der Waals surface area contributed by atoms with E-state index in [4.69, 9.17) is 4.74 Å². The average Bonchev–Trinajstić information content (AvgIpc) is 2.47. The van der Waals surface area contributed by atoms with Crippen molar-refractivity contribution in [3.8, 4) is 0 Å². The van der Waals surface area contributed by atoms with Crippen LogP contribution in [-0.4, -0.2) is 48.6 Å². The topological polar surface area (TPSA) is 29.5 Å². The molecule has 0 N–H and O–H groups in total. The number of amides is 1. The predicted molar refractivity (Wildman–Crippen MR) is 79.9 cm³/mol. The van der Waals surface area contributed by atoms with E-state index in [-0.39, 0.29) is 12.0 Å². The normalized spacial score (nSPS) is 19.3. The summed E-state index contributed by atoms with van der Waals surface area (Å²) < 4.78 is 43.7. The van der Waals surface area contributed by atoms with Gasteiger partial charge in [-0.25, -0.2) is 0 Å². The van der Waals surface area contributed by atoms with Crippen molar-refractivity contribution in [2.24, 2.45) is 0 Å². The van der Waals surface area contributed by atoms with E-state index in [0.29, 0.717) is 37.4 Å². The predicted octanol–water partition coefficient (Wildman–Crippen LogP) is 2.84. The summed E-state index contributed by atoms with van der Waals surface area (Å²) >= 11 is 1.46. The van der Waals surface area contributed by atoms with Gasteiger partial charge in [0, 0.05) is 19.5 Å². The van der Waals surface area contributed by atoms with Crippen molar-refractivity contribution >= 4 is 17.7 Å². The van der Waals surface area contributed by atoms with Crippen LogP contribution < -0.4 is 0 Å². The fourth-order valence-corrected chi connectivity index (χ4v) is 2.85. The van der Waals surface area contributed by atoms with Gasteiger partial charge in [-0.2, -0.15) is 24.9 Å². The molecule has 1 aromatic rings. The van der Waals surface area contributed by atoms with Gasteiger partial charge in [-0.1, -0.05) is 18.2 Å². The molecular weight excluding hydrogens is 315 g/mol. The quantitative estimate of drug-likeness (QED) is 0.849. The molecule has 1 fully saturated rings. The Morgan fingerprint density at radius 3 is 2.91 bits per heavy atom. The second kappa shape index (κ2) is 7.37. The molecule has 0 spiro atoms. The maximum absolute atomic E-state index is 12.7. The Kier molecular flexibility index (Phi) is 5.74. The van der Waals surface area contributed by atoms with Crippen molar-refractivity contribution in [2.75, 3.05) is 31.7 Å². The van der Waals surface area contributed by atoms with Gasteiger partial charge >= 0.3 is 6.18 Å². The molecule has 2 rings (SSSR count). The number of carbonyl (C=O) groups excluding carboxylic acids is 1. The number of halogens is 3. The Bertz CT molecular complexity index is 522. The SMILES string of the molecule is CSCC(=O)N1CCO[C@H](Cc2cccc(C(F)(F)F)c2)C1. The monoisotopic (exact) mass is 333 g/mol. The van der Waals surface area contributed by atoms with E-state index in [1.807, 2.05) is 6.26 Å². The van der Waals surface area contributed by atoms with Gasteiger partial charge in [0.15, 0.2) is 0 Å². The summed E-state index contributed by atoms with van der Waals surface area (Å²) in [5, 5.41) is 0. The summed E-state index contributed by atoms with van der Waals surface area (Å²) in [6, 6.07) is 5.25. The molecule has 0 aliphatic carbocycles. The lowest BCUT2D eigenvalue weighted by Crippen LogP contribution is -2.47. The largest absolute Gasteiger partial charge is 0.416 e. The van der Waals surface area contributed by atoms with Crippen molar-refractivity contribution in [2.45, 2.75) is 18.7 Å². The molecule has 1 atom stereocenters. The van der Waals surface area contributed by atoms with E-state index < -0.39 is 11.7 Å². The third-order valence-electron chi connectivity index (χ3n) is 3.48. The van der Waals surface area contributed by atoms with Crippen LogP contribution in [0.1, 0.15) is 11.1 Å². The highest BCUT2D eigenvalue weighted by Crippen LogP contribution is 2.30. The van der Waals surface area contributed by atoms with Crippen LogP contribution in [0.4, 0.5) is 13.2 Å². The second-order valence-electron chi connectivity index (χ2n) is 5.17. The lowest BCUT2D eigenvalue weighted by atomic mass is 10.0. The molecule has 0 aromatic heterocycles. The van der Waals surface area contributed by atoms with Gasteiger partial charge in [0.25, 0.3) is 0 Å². The number of hydrogen-bond acceptors (Lipinski definition) is 3. The minimum atomic E-state index is -4.34. The molecule has 122 valence electrons. The Morgan fingerprint density at radius 1 is 1.45 bits per heavy atom. The number of carbonyl (C=O) groups is 1. The van der Waals surface area contributed by atoms with E-state index in [9.17, 15) is 18.0 Å². The standard InChI is InChI=1S/C15H18F3NO2S/c1-22-10-14(20)19-5-6-21-13(9-19)8-11-3-2-4-12(7-11)15(16,17)18/h2-4,7,13H,5-6,8-10H2,1H3/t13-/m1/s1. The molecule has 1 heterocycles. The van der Waals surface area contributed by atoms with Crippen molar-refractivity contribution in [3.63, 3.8) is 0 Å². The van der Waals surface area contributed by atoms with Crippen molar-refractivity contribution < 1.29 is 22.7 Å². The molecule has 1 amide bonds. The van der Waals surface area contributed by atoms with Gasteiger partial charge < -0.3 is 9.64 Å². The first-order valence-electron chi connectivity index (χ1n) is 6.94. The Balaban J connectivity index is 2.00. The number of morpholine rings is 1. The Hall–Kier alpha value is -1.21. The zero-order valence-electron chi connectivity index (χ0n) is 12.2. The second-order valence-corrected chi connectivity index (χ2v) is 6.03. The van der Waals surface area contributed by atoms with Gasteiger partial charge in [0.2, 0.25) is 5.91 Å². The molecule has 0 saturated carbocycles. The van der Waals surface area contributed by atoms with E-state index in [1.54, 1.807) is 11.0 Å². The average molecular weight is 333 g/mol. The summed E-state index contributed by atoms with van der Waals surface area (Å²) in [6.45, 7) is 1.39. The van der Waals surface area contributed by atoms with E-state index in [0.717, 1.165) is 12.1 Å². The van der Waals surface area contributed by atoms with Crippen LogP contribution in [-0.2, 0) is 22.1 Å². The van der Waals surface area contributed by atoms with Gasteiger partial charge in [-0.05, 0) is 17.9 Å². The van der Waals surface area contributed by atoms with Crippen LogP contribution >= 0.6 is 11.8 Å². The third kappa shape index (κ3) is 4.64. The smallest absolute Gasteiger partial charge is 0.374 e. The maximum atomic E-state index is 12.7. The fraction of sp³-hybridized carbons (Fsp3) is 0.533. The molecule has 7 heteroatoms. The molecule has 1 aliphatic rings. The first-order chi connectivity index (χ1) is 10.4. The number of alkyl halides is 3.